The predicted molar refractivity (Wildman–Crippen MR) is 114 cm³/mol. The summed E-state index contributed by atoms with van der Waals surface area (Å²) in [7, 11) is -3.43. The van der Waals surface area contributed by atoms with Crippen LogP contribution in [0.1, 0.15) is 18.4 Å². The van der Waals surface area contributed by atoms with Gasteiger partial charge in [-0.3, -0.25) is 0 Å². The fourth-order valence-corrected chi connectivity index (χ4v) is 5.30. The molecule has 0 bridgehead atoms. The third-order valence-electron chi connectivity index (χ3n) is 4.46. The molecule has 3 rings (SSSR count). The summed E-state index contributed by atoms with van der Waals surface area (Å²) in [5, 5.41) is 5.54. The van der Waals surface area contributed by atoms with E-state index < -0.39 is 10.0 Å². The van der Waals surface area contributed by atoms with Crippen molar-refractivity contribution < 1.29 is 13.2 Å². The zero-order chi connectivity index (χ0) is 19.8. The van der Waals surface area contributed by atoms with E-state index in [9.17, 15) is 13.2 Å². The molecule has 2 N–H and O–H groups in total. The van der Waals surface area contributed by atoms with E-state index in [1.165, 1.54) is 9.87 Å². The Morgan fingerprint density at radius 2 is 1.68 bits per heavy atom. The Bertz CT molecular complexity index is 865. The average Bonchev–Trinajstić information content (AvgIpc) is 3.25. The summed E-state index contributed by atoms with van der Waals surface area (Å²) in [6.07, 6.45) is 1.81. The van der Waals surface area contributed by atoms with Gasteiger partial charge in [0.2, 0.25) is 10.0 Å². The zero-order valence-electron chi connectivity index (χ0n) is 15.6. The highest BCUT2D eigenvalue weighted by Gasteiger charge is 2.26. The van der Waals surface area contributed by atoms with Crippen LogP contribution in [-0.2, 0) is 15.8 Å². The number of benzene rings is 2. The Kier molecular flexibility index (Phi) is 7.36. The van der Waals surface area contributed by atoms with Gasteiger partial charge in [-0.2, -0.15) is 16.1 Å². The Morgan fingerprint density at radius 1 is 1.00 bits per heavy atom. The summed E-state index contributed by atoms with van der Waals surface area (Å²) in [6, 6.07) is 16.2. The number of thioether (sulfide) groups is 1. The Balaban J connectivity index is 1.40. The number of sulfonamides is 1. The summed E-state index contributed by atoms with van der Waals surface area (Å²) in [6.45, 7) is 1.71. The van der Waals surface area contributed by atoms with Gasteiger partial charge in [0.1, 0.15) is 0 Å². The standard InChI is InChI=1S/C20H25N3O3S2/c24-20(21-12-15-27-16-17-6-2-1-3-7-17)22-18-8-10-19(11-9-18)28(25,26)23-13-4-5-14-23/h1-3,6-11H,4-5,12-16H2,(H2,21,22,24). The van der Waals surface area contributed by atoms with Crippen LogP contribution in [0.3, 0.4) is 0 Å². The number of urea groups is 1. The van der Waals surface area contributed by atoms with Gasteiger partial charge < -0.3 is 10.6 Å². The first-order valence-corrected chi connectivity index (χ1v) is 11.9. The fraction of sp³-hybridized carbons (Fsp3) is 0.350. The fourth-order valence-electron chi connectivity index (χ4n) is 2.96. The van der Waals surface area contributed by atoms with Crippen molar-refractivity contribution in [2.24, 2.45) is 0 Å². The van der Waals surface area contributed by atoms with Crippen LogP contribution in [0.25, 0.3) is 0 Å². The van der Waals surface area contributed by atoms with Gasteiger partial charge in [0.05, 0.1) is 4.90 Å². The van der Waals surface area contributed by atoms with E-state index in [1.54, 1.807) is 36.0 Å². The van der Waals surface area contributed by atoms with Crippen LogP contribution in [0.15, 0.2) is 59.5 Å². The summed E-state index contributed by atoms with van der Waals surface area (Å²) in [5.41, 5.74) is 1.83. The molecular formula is C20H25N3O3S2. The zero-order valence-corrected chi connectivity index (χ0v) is 17.3. The van der Waals surface area contributed by atoms with Crippen molar-refractivity contribution >= 4 is 33.5 Å². The largest absolute Gasteiger partial charge is 0.337 e. The van der Waals surface area contributed by atoms with Crippen LogP contribution in [0, 0.1) is 0 Å². The molecule has 0 spiro atoms. The highest BCUT2D eigenvalue weighted by Crippen LogP contribution is 2.22. The molecule has 0 saturated carbocycles. The molecule has 2 aromatic rings. The normalized spacial score (nSPS) is 14.7. The Hall–Kier alpha value is -2.03. The summed E-state index contributed by atoms with van der Waals surface area (Å²) in [4.78, 5) is 12.2. The number of nitrogens with one attached hydrogen (secondary N) is 2. The van der Waals surface area contributed by atoms with Gasteiger partial charge in [0.15, 0.2) is 0 Å². The van der Waals surface area contributed by atoms with E-state index in [0.29, 0.717) is 25.3 Å². The third-order valence-corrected chi connectivity index (χ3v) is 7.40. The van der Waals surface area contributed by atoms with Crippen LogP contribution >= 0.6 is 11.8 Å². The molecule has 0 aliphatic carbocycles. The molecular weight excluding hydrogens is 394 g/mol. The number of carbonyl (C=O) groups excluding carboxylic acids is 1. The number of nitrogens with zero attached hydrogens (tertiary/aromatic N) is 1. The minimum absolute atomic E-state index is 0.262. The van der Waals surface area contributed by atoms with Crippen molar-refractivity contribution in [2.75, 3.05) is 30.7 Å². The number of hydrogen-bond donors (Lipinski definition) is 2. The Morgan fingerprint density at radius 3 is 2.36 bits per heavy atom. The lowest BCUT2D eigenvalue weighted by atomic mass is 10.2. The van der Waals surface area contributed by atoms with E-state index in [-0.39, 0.29) is 10.9 Å². The molecule has 0 aromatic heterocycles. The molecule has 0 atom stereocenters. The number of rotatable bonds is 8. The summed E-state index contributed by atoms with van der Waals surface area (Å²) in [5.74, 6) is 1.73. The Labute approximate surface area is 170 Å². The molecule has 1 heterocycles. The molecule has 1 saturated heterocycles. The maximum absolute atomic E-state index is 12.5. The number of hydrogen-bond acceptors (Lipinski definition) is 4. The van der Waals surface area contributed by atoms with Crippen molar-refractivity contribution in [1.82, 2.24) is 9.62 Å². The van der Waals surface area contributed by atoms with Crippen molar-refractivity contribution in [3.63, 3.8) is 0 Å². The van der Waals surface area contributed by atoms with Crippen molar-refractivity contribution in [3.05, 3.63) is 60.2 Å². The monoisotopic (exact) mass is 419 g/mol. The SMILES string of the molecule is O=C(NCCSCc1ccccc1)Nc1ccc(S(=O)(=O)N2CCCC2)cc1. The molecule has 28 heavy (non-hydrogen) atoms. The number of carbonyl (C=O) groups is 1. The molecule has 150 valence electrons. The molecule has 2 aromatic carbocycles. The van der Waals surface area contributed by atoms with Gasteiger partial charge in [0.25, 0.3) is 0 Å². The third kappa shape index (κ3) is 5.73. The first-order chi connectivity index (χ1) is 13.6. The first kappa shape index (κ1) is 20.7. The van der Waals surface area contributed by atoms with Gasteiger partial charge in [-0.05, 0) is 42.7 Å². The molecule has 2 amide bonds. The van der Waals surface area contributed by atoms with Crippen LogP contribution in [0.5, 0.6) is 0 Å². The maximum Gasteiger partial charge on any atom is 0.319 e. The van der Waals surface area contributed by atoms with E-state index in [1.807, 2.05) is 18.2 Å². The lowest BCUT2D eigenvalue weighted by Crippen LogP contribution is -2.30. The average molecular weight is 420 g/mol. The second-order valence-electron chi connectivity index (χ2n) is 6.55. The second kappa shape index (κ2) is 9.95. The van der Waals surface area contributed by atoms with Gasteiger partial charge in [-0.15, -0.1) is 0 Å². The molecule has 1 aliphatic heterocycles. The number of amides is 2. The van der Waals surface area contributed by atoms with Crippen LogP contribution in [-0.4, -0.2) is 44.1 Å². The van der Waals surface area contributed by atoms with E-state index >= 15 is 0 Å². The topological polar surface area (TPSA) is 78.5 Å². The van der Waals surface area contributed by atoms with E-state index in [0.717, 1.165) is 24.3 Å². The lowest BCUT2D eigenvalue weighted by Gasteiger charge is -2.15. The number of anilines is 1. The summed E-state index contributed by atoms with van der Waals surface area (Å²) < 4.78 is 26.5. The maximum atomic E-state index is 12.5. The highest BCUT2D eigenvalue weighted by molar-refractivity contribution is 7.98. The predicted octanol–water partition coefficient (Wildman–Crippen LogP) is 3.53. The minimum Gasteiger partial charge on any atom is -0.337 e. The van der Waals surface area contributed by atoms with Gasteiger partial charge >= 0.3 is 6.03 Å². The molecule has 1 fully saturated rings. The molecule has 8 heteroatoms. The van der Waals surface area contributed by atoms with Crippen molar-refractivity contribution in [1.29, 1.82) is 0 Å². The van der Waals surface area contributed by atoms with E-state index in [4.69, 9.17) is 0 Å². The summed E-state index contributed by atoms with van der Waals surface area (Å²) >= 11 is 1.76. The van der Waals surface area contributed by atoms with Crippen LogP contribution in [0.4, 0.5) is 10.5 Å². The quantitative estimate of drug-likeness (QED) is 0.642. The second-order valence-corrected chi connectivity index (χ2v) is 9.60. The van der Waals surface area contributed by atoms with Gasteiger partial charge in [-0.25, -0.2) is 13.2 Å². The van der Waals surface area contributed by atoms with Crippen LogP contribution in [0.2, 0.25) is 0 Å². The molecule has 0 unspecified atom stereocenters. The van der Waals surface area contributed by atoms with Crippen molar-refractivity contribution in [2.45, 2.75) is 23.5 Å². The van der Waals surface area contributed by atoms with Crippen molar-refractivity contribution in [3.8, 4) is 0 Å². The smallest absolute Gasteiger partial charge is 0.319 e. The molecule has 6 nitrogen and oxygen atoms in total. The molecule has 1 aliphatic rings. The molecule has 0 radical (unpaired) electrons. The lowest BCUT2D eigenvalue weighted by molar-refractivity contribution is 0.252. The van der Waals surface area contributed by atoms with E-state index in [2.05, 4.69) is 22.8 Å². The minimum atomic E-state index is -3.43. The van der Waals surface area contributed by atoms with Crippen LogP contribution < -0.4 is 10.6 Å². The first-order valence-electron chi connectivity index (χ1n) is 9.32. The highest BCUT2D eigenvalue weighted by atomic mass is 32.2. The van der Waals surface area contributed by atoms with Gasteiger partial charge in [-0.1, -0.05) is 30.3 Å². The van der Waals surface area contributed by atoms with Gasteiger partial charge in [0, 0.05) is 36.8 Å².